The normalized spacial score (nSPS) is 18.2. The molecular weight excluding hydrogens is 434 g/mol. The minimum atomic E-state index is -0.0685. The molecule has 0 atom stereocenters. The van der Waals surface area contributed by atoms with Gasteiger partial charge in [0.05, 0.1) is 5.92 Å². The van der Waals surface area contributed by atoms with Crippen molar-refractivity contribution < 1.29 is 9.59 Å². The van der Waals surface area contributed by atoms with E-state index < -0.39 is 0 Å². The van der Waals surface area contributed by atoms with Gasteiger partial charge >= 0.3 is 0 Å². The van der Waals surface area contributed by atoms with E-state index in [-0.39, 0.29) is 23.7 Å². The third kappa shape index (κ3) is 6.65. The maximum Gasteiger partial charge on any atom is 0.229 e. The van der Waals surface area contributed by atoms with Crippen LogP contribution in [-0.4, -0.2) is 47.8 Å². The van der Waals surface area contributed by atoms with Gasteiger partial charge < -0.3 is 14.7 Å². The molecule has 1 saturated heterocycles. The Morgan fingerprint density at radius 2 is 1.43 bits per heavy atom. The first kappa shape index (κ1) is 25.3. The van der Waals surface area contributed by atoms with E-state index in [0.717, 1.165) is 26.1 Å². The van der Waals surface area contributed by atoms with Crippen molar-refractivity contribution in [2.45, 2.75) is 65.5 Å². The van der Waals surface area contributed by atoms with Crippen LogP contribution in [0.5, 0.6) is 0 Å². The zero-order valence-electron chi connectivity index (χ0n) is 21.5. The fourth-order valence-electron chi connectivity index (χ4n) is 5.26. The fourth-order valence-corrected chi connectivity index (χ4v) is 5.26. The number of nitrogens with zero attached hydrogens (tertiary/aromatic N) is 3. The van der Waals surface area contributed by atoms with Gasteiger partial charge in [0.15, 0.2) is 0 Å². The number of hydrogen-bond donors (Lipinski definition) is 0. The zero-order chi connectivity index (χ0) is 24.6. The van der Waals surface area contributed by atoms with E-state index in [1.165, 1.54) is 48.9 Å². The quantitative estimate of drug-likeness (QED) is 0.587. The summed E-state index contributed by atoms with van der Waals surface area (Å²) in [6, 6.07) is 19.3. The van der Waals surface area contributed by atoms with E-state index in [1.54, 1.807) is 0 Å². The van der Waals surface area contributed by atoms with E-state index in [1.807, 2.05) is 18.7 Å². The summed E-state index contributed by atoms with van der Waals surface area (Å²) in [4.78, 5) is 32.3. The van der Waals surface area contributed by atoms with Crippen molar-refractivity contribution in [1.29, 1.82) is 0 Å². The molecule has 0 bridgehead atoms. The summed E-state index contributed by atoms with van der Waals surface area (Å²) >= 11 is 0. The van der Waals surface area contributed by atoms with Crippen LogP contribution >= 0.6 is 0 Å². The van der Waals surface area contributed by atoms with Crippen LogP contribution in [0.15, 0.2) is 54.6 Å². The summed E-state index contributed by atoms with van der Waals surface area (Å²) in [5.41, 5.74) is 3.76. The number of anilines is 1. The van der Waals surface area contributed by atoms with Crippen LogP contribution in [0.25, 0.3) is 0 Å². The number of rotatable bonds is 4. The standard InChI is InChI=1S/C30H41N3O2/c1-24(2)29(34)33-22-27(23-33)30(35)32-19-13-6-4-3-5-12-18-31(20-25-14-8-7-9-15-25)28-17-11-10-16-26(28)21-32/h7-11,14-17,24,27H,3-6,12-13,18-23H2,1-2H3. The van der Waals surface area contributed by atoms with Crippen LogP contribution < -0.4 is 4.90 Å². The Labute approximate surface area is 211 Å². The Bertz CT molecular complexity index is 969. The lowest BCUT2D eigenvalue weighted by atomic mass is 9.96. The van der Waals surface area contributed by atoms with Crippen molar-refractivity contribution in [3.63, 3.8) is 0 Å². The molecule has 1 fully saturated rings. The number of carbonyl (C=O) groups is 2. The second kappa shape index (κ2) is 12.2. The van der Waals surface area contributed by atoms with E-state index in [9.17, 15) is 9.59 Å². The Kier molecular flexibility index (Phi) is 8.84. The van der Waals surface area contributed by atoms with Gasteiger partial charge in [-0.2, -0.15) is 0 Å². The number of fused-ring (bicyclic) bond motifs is 1. The molecule has 188 valence electrons. The molecule has 0 saturated carbocycles. The average molecular weight is 476 g/mol. The molecule has 2 heterocycles. The van der Waals surface area contributed by atoms with Crippen LogP contribution in [0.1, 0.15) is 63.5 Å². The molecule has 4 rings (SSSR count). The van der Waals surface area contributed by atoms with Gasteiger partial charge in [-0.25, -0.2) is 0 Å². The summed E-state index contributed by atoms with van der Waals surface area (Å²) < 4.78 is 0. The van der Waals surface area contributed by atoms with Gasteiger partial charge in [-0.1, -0.05) is 88.1 Å². The lowest BCUT2D eigenvalue weighted by Gasteiger charge is -2.41. The van der Waals surface area contributed by atoms with Crippen LogP contribution in [-0.2, 0) is 22.7 Å². The first-order valence-electron chi connectivity index (χ1n) is 13.5. The van der Waals surface area contributed by atoms with Crippen molar-refractivity contribution in [3.05, 3.63) is 65.7 Å². The molecule has 0 aliphatic carbocycles. The number of likely N-dealkylation sites (tertiary alicyclic amines) is 1. The summed E-state index contributed by atoms with van der Waals surface area (Å²) in [7, 11) is 0. The highest BCUT2D eigenvalue weighted by molar-refractivity contribution is 5.85. The topological polar surface area (TPSA) is 43.9 Å². The van der Waals surface area contributed by atoms with Gasteiger partial charge in [0, 0.05) is 50.9 Å². The lowest BCUT2D eigenvalue weighted by Crippen LogP contribution is -2.57. The number of benzene rings is 2. The molecular formula is C30H41N3O2. The molecule has 2 aromatic rings. The van der Waals surface area contributed by atoms with E-state index >= 15 is 0 Å². The van der Waals surface area contributed by atoms with Gasteiger partial charge in [0.25, 0.3) is 0 Å². The number of carbonyl (C=O) groups excluding carboxylic acids is 2. The van der Waals surface area contributed by atoms with Crippen LogP contribution in [0.2, 0.25) is 0 Å². The molecule has 0 radical (unpaired) electrons. The lowest BCUT2D eigenvalue weighted by molar-refractivity contribution is -0.150. The van der Waals surface area contributed by atoms with Crippen molar-refractivity contribution in [2.75, 3.05) is 31.1 Å². The van der Waals surface area contributed by atoms with E-state index in [4.69, 9.17) is 0 Å². The van der Waals surface area contributed by atoms with Crippen LogP contribution in [0.3, 0.4) is 0 Å². The maximum absolute atomic E-state index is 13.6. The smallest absolute Gasteiger partial charge is 0.229 e. The summed E-state index contributed by atoms with van der Waals surface area (Å²) in [6.07, 6.45) is 7.13. The summed E-state index contributed by atoms with van der Waals surface area (Å²) in [6.45, 7) is 8.30. The minimum Gasteiger partial charge on any atom is -0.367 e. The molecule has 2 aliphatic heterocycles. The Morgan fingerprint density at radius 3 is 2.14 bits per heavy atom. The number of amides is 2. The average Bonchev–Trinajstić information content (AvgIpc) is 2.85. The highest BCUT2D eigenvalue weighted by atomic mass is 16.2. The summed E-state index contributed by atoms with van der Waals surface area (Å²) in [5, 5.41) is 0. The monoisotopic (exact) mass is 475 g/mol. The minimum absolute atomic E-state index is 0.0147. The largest absolute Gasteiger partial charge is 0.367 e. The molecule has 0 spiro atoms. The SMILES string of the molecule is CC(C)C(=O)N1CC(C(=O)N2CCCCCCCCN(Cc3ccccc3)c3ccccc3C2)C1. The summed E-state index contributed by atoms with van der Waals surface area (Å²) in [5.74, 6) is 0.276. The third-order valence-electron chi connectivity index (χ3n) is 7.36. The Balaban J connectivity index is 1.54. The van der Waals surface area contributed by atoms with Crippen molar-refractivity contribution >= 4 is 17.5 Å². The third-order valence-corrected chi connectivity index (χ3v) is 7.36. The maximum atomic E-state index is 13.6. The molecule has 2 amide bonds. The van der Waals surface area contributed by atoms with Gasteiger partial charge in [0.1, 0.15) is 0 Å². The first-order chi connectivity index (χ1) is 17.0. The van der Waals surface area contributed by atoms with Crippen molar-refractivity contribution in [1.82, 2.24) is 9.80 Å². The highest BCUT2D eigenvalue weighted by Crippen LogP contribution is 2.28. The van der Waals surface area contributed by atoms with Crippen LogP contribution in [0, 0.1) is 11.8 Å². The molecule has 2 aromatic carbocycles. The number of hydrogen-bond acceptors (Lipinski definition) is 3. The molecule has 0 aromatic heterocycles. The van der Waals surface area contributed by atoms with Gasteiger partial charge in [-0.05, 0) is 30.0 Å². The molecule has 5 nitrogen and oxygen atoms in total. The second-order valence-electron chi connectivity index (χ2n) is 10.5. The molecule has 2 aliphatic rings. The number of para-hydroxylation sites is 1. The van der Waals surface area contributed by atoms with Gasteiger partial charge in [-0.15, -0.1) is 0 Å². The van der Waals surface area contributed by atoms with E-state index in [0.29, 0.717) is 19.6 Å². The van der Waals surface area contributed by atoms with Gasteiger partial charge in [0.2, 0.25) is 11.8 Å². The second-order valence-corrected chi connectivity index (χ2v) is 10.5. The molecule has 0 unspecified atom stereocenters. The van der Waals surface area contributed by atoms with Crippen molar-refractivity contribution in [3.8, 4) is 0 Å². The van der Waals surface area contributed by atoms with Crippen molar-refractivity contribution in [2.24, 2.45) is 11.8 Å². The predicted octanol–water partition coefficient (Wildman–Crippen LogP) is 5.49. The Morgan fingerprint density at radius 1 is 0.800 bits per heavy atom. The highest BCUT2D eigenvalue weighted by Gasteiger charge is 2.38. The van der Waals surface area contributed by atoms with Crippen LogP contribution in [0.4, 0.5) is 5.69 Å². The zero-order valence-corrected chi connectivity index (χ0v) is 21.5. The first-order valence-corrected chi connectivity index (χ1v) is 13.5. The molecule has 0 N–H and O–H groups in total. The fraction of sp³-hybridized carbons (Fsp3) is 0.533. The molecule has 5 heteroatoms. The Hall–Kier alpha value is -2.82. The predicted molar refractivity (Wildman–Crippen MR) is 142 cm³/mol. The van der Waals surface area contributed by atoms with E-state index in [2.05, 4.69) is 64.4 Å². The van der Waals surface area contributed by atoms with Gasteiger partial charge in [-0.3, -0.25) is 9.59 Å². The molecule has 35 heavy (non-hydrogen) atoms.